The van der Waals surface area contributed by atoms with Crippen molar-refractivity contribution in [3.8, 4) is 0 Å². The number of carbonyl (C=O) groups is 2. The Kier molecular flexibility index (Phi) is 6.34. The Morgan fingerprint density at radius 2 is 1.71 bits per heavy atom. The number of halogens is 2. The van der Waals surface area contributed by atoms with E-state index in [0.717, 1.165) is 6.07 Å². The first-order valence-electron chi connectivity index (χ1n) is 10.4. The molecule has 3 aromatic rings. The minimum absolute atomic E-state index is 0.0181. The number of nitrogens with one attached hydrogen (secondary N) is 2. The molecule has 1 heterocycles. The molecule has 3 amide bonds. The number of fused-ring (bicyclic) bond motifs is 1. The van der Waals surface area contributed by atoms with E-state index in [1.807, 2.05) is 0 Å². The fourth-order valence-corrected chi connectivity index (χ4v) is 5.48. The molecule has 4 rings (SSSR count). The van der Waals surface area contributed by atoms with Gasteiger partial charge in [0.2, 0.25) is 5.91 Å². The van der Waals surface area contributed by atoms with Gasteiger partial charge in [0, 0.05) is 18.1 Å². The third kappa shape index (κ3) is 4.49. The molecule has 2 N–H and O–H groups in total. The summed E-state index contributed by atoms with van der Waals surface area (Å²) in [6.45, 7) is 1.48. The molecule has 176 valence electrons. The van der Waals surface area contributed by atoms with E-state index in [1.165, 1.54) is 31.2 Å². The van der Waals surface area contributed by atoms with E-state index in [2.05, 4.69) is 10.6 Å². The molecule has 1 aliphatic rings. The van der Waals surface area contributed by atoms with Crippen LogP contribution in [0.5, 0.6) is 0 Å². The minimum atomic E-state index is -4.37. The number of amides is 3. The van der Waals surface area contributed by atoms with E-state index >= 15 is 0 Å². The van der Waals surface area contributed by atoms with Crippen LogP contribution in [0.1, 0.15) is 24.1 Å². The van der Waals surface area contributed by atoms with E-state index in [4.69, 9.17) is 0 Å². The van der Waals surface area contributed by atoms with Crippen LogP contribution in [-0.4, -0.2) is 30.7 Å². The van der Waals surface area contributed by atoms with Crippen molar-refractivity contribution in [2.24, 2.45) is 0 Å². The topological polar surface area (TPSA) is 95.6 Å². The highest BCUT2D eigenvalue weighted by Crippen LogP contribution is 2.32. The molecule has 0 bridgehead atoms. The molecule has 10 heteroatoms. The SMILES string of the molecule is C[C@H](NC(=O)C(Cc1ccccc1)N1C(=O)Nc2ccccc2S1(=O)=O)c1ccc(F)cc1F. The van der Waals surface area contributed by atoms with Crippen LogP contribution < -0.4 is 10.6 Å². The van der Waals surface area contributed by atoms with Crippen molar-refractivity contribution in [2.45, 2.75) is 30.3 Å². The third-order valence-corrected chi connectivity index (χ3v) is 7.36. The Morgan fingerprint density at radius 3 is 2.41 bits per heavy atom. The lowest BCUT2D eigenvalue weighted by Crippen LogP contribution is -2.56. The molecule has 0 fully saturated rings. The van der Waals surface area contributed by atoms with Gasteiger partial charge in [0.05, 0.1) is 11.7 Å². The maximum absolute atomic E-state index is 14.2. The van der Waals surface area contributed by atoms with Crippen molar-refractivity contribution < 1.29 is 26.8 Å². The van der Waals surface area contributed by atoms with Crippen LogP contribution in [0.25, 0.3) is 0 Å². The Morgan fingerprint density at radius 1 is 1.03 bits per heavy atom. The number of benzene rings is 3. The van der Waals surface area contributed by atoms with Crippen LogP contribution in [0.3, 0.4) is 0 Å². The van der Waals surface area contributed by atoms with Crippen LogP contribution in [0.2, 0.25) is 0 Å². The summed E-state index contributed by atoms with van der Waals surface area (Å²) < 4.78 is 54.8. The number of nitrogens with zero attached hydrogens (tertiary/aromatic N) is 1. The molecule has 0 spiro atoms. The smallest absolute Gasteiger partial charge is 0.336 e. The fourth-order valence-electron chi connectivity index (χ4n) is 3.85. The lowest BCUT2D eigenvalue weighted by Gasteiger charge is -2.34. The van der Waals surface area contributed by atoms with Gasteiger partial charge in [0.25, 0.3) is 10.0 Å². The summed E-state index contributed by atoms with van der Waals surface area (Å²) in [5, 5.41) is 5.08. The first kappa shape index (κ1) is 23.4. The van der Waals surface area contributed by atoms with Gasteiger partial charge in [-0.15, -0.1) is 0 Å². The standard InChI is InChI=1S/C24H21F2N3O4S/c1-15(18-12-11-17(25)14-19(18)26)27-23(30)21(13-16-7-3-2-4-8-16)29-24(31)28-20-9-5-6-10-22(20)34(29,32)33/h2-12,14-15,21H,13H2,1H3,(H,27,30)(H,28,31)/t15-,21?/m0/s1. The number of anilines is 1. The van der Waals surface area contributed by atoms with Crippen LogP contribution >= 0.6 is 0 Å². The van der Waals surface area contributed by atoms with Gasteiger partial charge < -0.3 is 10.6 Å². The van der Waals surface area contributed by atoms with Crippen LogP contribution in [0.15, 0.2) is 77.7 Å². The fraction of sp³-hybridized carbons (Fsp3) is 0.167. The highest BCUT2D eigenvalue weighted by atomic mass is 32.2. The van der Waals surface area contributed by atoms with Gasteiger partial charge >= 0.3 is 6.03 Å². The van der Waals surface area contributed by atoms with Gasteiger partial charge in [-0.25, -0.2) is 26.3 Å². The first-order chi connectivity index (χ1) is 16.2. The van der Waals surface area contributed by atoms with E-state index in [-0.39, 0.29) is 22.6 Å². The molecule has 0 aliphatic carbocycles. The second-order valence-electron chi connectivity index (χ2n) is 7.83. The van der Waals surface area contributed by atoms with Crippen LogP contribution in [-0.2, 0) is 21.2 Å². The average molecular weight is 486 g/mol. The Bertz CT molecular complexity index is 1350. The van der Waals surface area contributed by atoms with E-state index in [0.29, 0.717) is 15.9 Å². The molecule has 7 nitrogen and oxygen atoms in total. The van der Waals surface area contributed by atoms with Crippen molar-refractivity contribution in [3.63, 3.8) is 0 Å². The second-order valence-corrected chi connectivity index (χ2v) is 9.61. The molecule has 1 unspecified atom stereocenters. The Hall–Kier alpha value is -3.79. The van der Waals surface area contributed by atoms with Crippen molar-refractivity contribution in [3.05, 3.63) is 95.6 Å². The van der Waals surface area contributed by atoms with Crippen LogP contribution in [0, 0.1) is 11.6 Å². The first-order valence-corrected chi connectivity index (χ1v) is 11.9. The van der Waals surface area contributed by atoms with Crippen molar-refractivity contribution in [1.82, 2.24) is 9.62 Å². The number of para-hydroxylation sites is 1. The zero-order valence-corrected chi connectivity index (χ0v) is 18.9. The lowest BCUT2D eigenvalue weighted by atomic mass is 10.0. The zero-order valence-electron chi connectivity index (χ0n) is 18.0. The van der Waals surface area contributed by atoms with Gasteiger partial charge in [0.15, 0.2) is 0 Å². The third-order valence-electron chi connectivity index (χ3n) is 5.51. The largest absolute Gasteiger partial charge is 0.348 e. The van der Waals surface area contributed by atoms with Crippen LogP contribution in [0.4, 0.5) is 19.3 Å². The monoisotopic (exact) mass is 485 g/mol. The number of hydrogen-bond donors (Lipinski definition) is 2. The zero-order chi connectivity index (χ0) is 24.5. The average Bonchev–Trinajstić information content (AvgIpc) is 2.78. The van der Waals surface area contributed by atoms with Gasteiger partial charge in [-0.1, -0.05) is 48.5 Å². The quantitative estimate of drug-likeness (QED) is 0.552. The summed E-state index contributed by atoms with van der Waals surface area (Å²) in [5.74, 6) is -2.43. The lowest BCUT2D eigenvalue weighted by molar-refractivity contribution is -0.125. The Balaban J connectivity index is 1.71. The van der Waals surface area contributed by atoms with Gasteiger partial charge in [-0.3, -0.25) is 4.79 Å². The molecule has 34 heavy (non-hydrogen) atoms. The molecule has 0 radical (unpaired) electrons. The van der Waals surface area contributed by atoms with E-state index in [1.54, 1.807) is 36.4 Å². The van der Waals surface area contributed by atoms with Crippen molar-refractivity contribution in [1.29, 1.82) is 0 Å². The molecule has 0 saturated heterocycles. The summed E-state index contributed by atoms with van der Waals surface area (Å²) in [6.07, 6.45) is -0.111. The summed E-state index contributed by atoms with van der Waals surface area (Å²) >= 11 is 0. The normalized spacial score (nSPS) is 16.2. The molecular weight excluding hydrogens is 464 g/mol. The van der Waals surface area contributed by atoms with Crippen molar-refractivity contribution in [2.75, 3.05) is 5.32 Å². The number of urea groups is 1. The highest BCUT2D eigenvalue weighted by molar-refractivity contribution is 7.90. The number of hydrogen-bond acceptors (Lipinski definition) is 4. The molecule has 0 aromatic heterocycles. The summed E-state index contributed by atoms with van der Waals surface area (Å²) in [5.41, 5.74) is 0.749. The molecule has 0 saturated carbocycles. The molecule has 2 atom stereocenters. The summed E-state index contributed by atoms with van der Waals surface area (Å²) in [6, 6.07) is 14.1. The molecule has 1 aliphatic heterocycles. The maximum Gasteiger partial charge on any atom is 0.336 e. The Labute approximate surface area is 195 Å². The predicted octanol–water partition coefficient (Wildman–Crippen LogP) is 3.99. The number of rotatable bonds is 6. The maximum atomic E-state index is 14.2. The second kappa shape index (κ2) is 9.22. The van der Waals surface area contributed by atoms with Crippen molar-refractivity contribution >= 4 is 27.6 Å². The number of sulfonamides is 1. The van der Waals surface area contributed by atoms with Gasteiger partial charge in [-0.05, 0) is 30.7 Å². The minimum Gasteiger partial charge on any atom is -0.348 e. The predicted molar refractivity (Wildman–Crippen MR) is 121 cm³/mol. The van der Waals surface area contributed by atoms with E-state index in [9.17, 15) is 26.8 Å². The van der Waals surface area contributed by atoms with E-state index < -0.39 is 45.7 Å². The van der Waals surface area contributed by atoms with Gasteiger partial charge in [-0.2, -0.15) is 0 Å². The van der Waals surface area contributed by atoms with Gasteiger partial charge in [0.1, 0.15) is 22.6 Å². The number of carbonyl (C=O) groups excluding carboxylic acids is 2. The highest BCUT2D eigenvalue weighted by Gasteiger charge is 2.44. The summed E-state index contributed by atoms with van der Waals surface area (Å²) in [4.78, 5) is 26.1. The molecular formula is C24H21F2N3O4S. The molecule has 3 aromatic carbocycles. The summed E-state index contributed by atoms with van der Waals surface area (Å²) in [7, 11) is -4.37.